The number of carbonyl (C=O) groups excluding carboxylic acids is 1. The Bertz CT molecular complexity index is 867. The van der Waals surface area contributed by atoms with E-state index in [1.54, 1.807) is 6.47 Å². The Labute approximate surface area is 160 Å². The average Bonchev–Trinajstić information content (AvgIpc) is 2.76. The van der Waals surface area contributed by atoms with Gasteiger partial charge in [0.2, 0.25) is 0 Å². The molecule has 0 N–H and O–H groups in total. The number of hydrogen-bond acceptors (Lipinski definition) is 3. The summed E-state index contributed by atoms with van der Waals surface area (Å²) in [5.74, 6) is 0.0107. The number of piperidine rings is 1. The van der Waals surface area contributed by atoms with Crippen LogP contribution < -0.4 is 4.90 Å². The van der Waals surface area contributed by atoms with Gasteiger partial charge in [-0.05, 0) is 23.3 Å². The molecule has 3 aromatic carbocycles. The van der Waals surface area contributed by atoms with Gasteiger partial charge in [-0.2, -0.15) is 0 Å². The molecule has 0 bridgehead atoms. The molecular formula is C24H22NO2. The molecule has 0 saturated carbocycles. The van der Waals surface area contributed by atoms with Crippen LogP contribution in [0.15, 0.2) is 91.0 Å². The molecular weight excluding hydrogens is 334 g/mol. The van der Waals surface area contributed by atoms with E-state index in [0.717, 1.165) is 24.2 Å². The number of para-hydroxylation sites is 1. The highest BCUT2D eigenvalue weighted by molar-refractivity contribution is 5.50. The van der Waals surface area contributed by atoms with E-state index in [9.17, 15) is 4.79 Å². The van der Waals surface area contributed by atoms with Crippen LogP contribution in [0.25, 0.3) is 0 Å². The number of nitrogens with zero attached hydrogens (tertiary/aromatic N) is 1. The summed E-state index contributed by atoms with van der Waals surface area (Å²) in [6.07, 6.45) is 0.709. The van der Waals surface area contributed by atoms with E-state index >= 15 is 0 Å². The summed E-state index contributed by atoms with van der Waals surface area (Å²) >= 11 is 0. The molecule has 0 amide bonds. The predicted octanol–water partition coefficient (Wildman–Crippen LogP) is 4.66. The van der Waals surface area contributed by atoms with Crippen LogP contribution in [0.4, 0.5) is 5.69 Å². The summed E-state index contributed by atoms with van der Waals surface area (Å²) in [6, 6.07) is 30.8. The number of hydrogen-bond donors (Lipinski definition) is 0. The van der Waals surface area contributed by atoms with Crippen molar-refractivity contribution in [2.75, 3.05) is 18.0 Å². The van der Waals surface area contributed by atoms with Crippen LogP contribution in [0.1, 0.15) is 23.5 Å². The first kappa shape index (κ1) is 17.3. The lowest BCUT2D eigenvalue weighted by atomic mass is 9.72. The Balaban J connectivity index is 1.79. The first-order valence-corrected chi connectivity index (χ1v) is 9.29. The minimum absolute atomic E-state index is 0.0107. The van der Waals surface area contributed by atoms with Gasteiger partial charge in [-0.15, -0.1) is 0 Å². The van der Waals surface area contributed by atoms with Gasteiger partial charge in [0.05, 0.1) is 0 Å². The van der Waals surface area contributed by atoms with E-state index in [1.807, 2.05) is 54.6 Å². The first-order chi connectivity index (χ1) is 13.3. The molecule has 135 valence electrons. The predicted molar refractivity (Wildman–Crippen MR) is 107 cm³/mol. The molecule has 1 fully saturated rings. The SMILES string of the molecule is O=[C]OC1(c2ccccc2)CCN(c2ccccc2)CC1c1ccccc1. The molecule has 2 unspecified atom stereocenters. The second kappa shape index (κ2) is 7.67. The van der Waals surface area contributed by atoms with Gasteiger partial charge >= 0.3 is 6.47 Å². The summed E-state index contributed by atoms with van der Waals surface area (Å²) in [5, 5.41) is 0. The standard InChI is InChI=1S/C24H22NO2/c26-19-27-24(21-12-6-2-7-13-21)16-17-25(22-14-8-3-9-15-22)18-23(24)20-10-4-1-5-11-20/h1-15,23H,16-18H2. The minimum Gasteiger partial charge on any atom is -0.445 e. The van der Waals surface area contributed by atoms with Gasteiger partial charge in [-0.3, -0.25) is 0 Å². The Morgan fingerprint density at radius 3 is 2.07 bits per heavy atom. The average molecular weight is 356 g/mol. The van der Waals surface area contributed by atoms with E-state index in [1.165, 1.54) is 5.69 Å². The molecule has 1 heterocycles. The molecule has 4 rings (SSSR count). The molecule has 3 nitrogen and oxygen atoms in total. The van der Waals surface area contributed by atoms with Crippen molar-refractivity contribution in [1.82, 2.24) is 0 Å². The third kappa shape index (κ3) is 3.33. The van der Waals surface area contributed by atoms with E-state index in [-0.39, 0.29) is 5.92 Å². The number of benzene rings is 3. The maximum atomic E-state index is 11.4. The lowest BCUT2D eigenvalue weighted by molar-refractivity contribution is 0.00252. The summed E-state index contributed by atoms with van der Waals surface area (Å²) in [6.45, 7) is 3.34. The minimum atomic E-state index is -0.713. The highest BCUT2D eigenvalue weighted by Gasteiger charge is 2.47. The van der Waals surface area contributed by atoms with Crippen LogP contribution in [0.5, 0.6) is 0 Å². The van der Waals surface area contributed by atoms with E-state index in [2.05, 4.69) is 41.3 Å². The van der Waals surface area contributed by atoms with Gasteiger partial charge in [-0.25, -0.2) is 4.79 Å². The lowest BCUT2D eigenvalue weighted by Crippen LogP contribution is -2.50. The van der Waals surface area contributed by atoms with Crippen molar-refractivity contribution >= 4 is 12.2 Å². The highest BCUT2D eigenvalue weighted by Crippen LogP contribution is 2.46. The van der Waals surface area contributed by atoms with Gasteiger partial charge in [-0.1, -0.05) is 78.9 Å². The van der Waals surface area contributed by atoms with Crippen LogP contribution in [0.2, 0.25) is 0 Å². The Morgan fingerprint density at radius 1 is 0.852 bits per heavy atom. The monoisotopic (exact) mass is 356 g/mol. The second-order valence-corrected chi connectivity index (χ2v) is 6.94. The molecule has 0 aliphatic carbocycles. The van der Waals surface area contributed by atoms with Crippen LogP contribution in [0, 0.1) is 0 Å². The molecule has 0 spiro atoms. The Morgan fingerprint density at radius 2 is 1.44 bits per heavy atom. The molecule has 2 atom stereocenters. The summed E-state index contributed by atoms with van der Waals surface area (Å²) in [5.41, 5.74) is 2.66. The third-order valence-electron chi connectivity index (χ3n) is 5.53. The topological polar surface area (TPSA) is 29.5 Å². The van der Waals surface area contributed by atoms with Crippen LogP contribution in [-0.2, 0) is 15.1 Å². The Kier molecular flexibility index (Phi) is 4.93. The molecule has 1 aliphatic rings. The summed E-state index contributed by atoms with van der Waals surface area (Å²) < 4.78 is 5.78. The van der Waals surface area contributed by atoms with Crippen molar-refractivity contribution in [3.05, 3.63) is 102 Å². The molecule has 0 aromatic heterocycles. The van der Waals surface area contributed by atoms with E-state index in [0.29, 0.717) is 6.42 Å². The van der Waals surface area contributed by atoms with Crippen molar-refractivity contribution in [3.63, 3.8) is 0 Å². The molecule has 3 aromatic rings. The van der Waals surface area contributed by atoms with Crippen LogP contribution in [-0.4, -0.2) is 19.6 Å². The molecule has 1 radical (unpaired) electrons. The largest absolute Gasteiger partial charge is 0.445 e. The normalized spacial score (nSPS) is 22.2. The third-order valence-corrected chi connectivity index (χ3v) is 5.53. The van der Waals surface area contributed by atoms with Gasteiger partial charge in [0, 0.05) is 31.1 Å². The van der Waals surface area contributed by atoms with Gasteiger partial charge in [0.15, 0.2) is 0 Å². The second-order valence-electron chi connectivity index (χ2n) is 6.94. The summed E-state index contributed by atoms with van der Waals surface area (Å²) in [4.78, 5) is 13.8. The van der Waals surface area contributed by atoms with Crippen molar-refractivity contribution in [2.24, 2.45) is 0 Å². The maximum absolute atomic E-state index is 11.4. The molecule has 27 heavy (non-hydrogen) atoms. The zero-order valence-electron chi connectivity index (χ0n) is 15.1. The number of anilines is 1. The summed E-state index contributed by atoms with van der Waals surface area (Å²) in [7, 11) is 0. The van der Waals surface area contributed by atoms with Crippen molar-refractivity contribution in [3.8, 4) is 0 Å². The molecule has 1 aliphatic heterocycles. The van der Waals surface area contributed by atoms with Gasteiger partial charge in [0.25, 0.3) is 0 Å². The quantitative estimate of drug-likeness (QED) is 0.666. The smallest absolute Gasteiger partial charge is 0.418 e. The van der Waals surface area contributed by atoms with Crippen molar-refractivity contribution < 1.29 is 9.53 Å². The number of ether oxygens (including phenoxy) is 1. The lowest BCUT2D eigenvalue weighted by Gasteiger charge is -2.47. The fraction of sp³-hybridized carbons (Fsp3) is 0.208. The fourth-order valence-electron chi connectivity index (χ4n) is 4.19. The number of rotatable bonds is 5. The van der Waals surface area contributed by atoms with E-state index < -0.39 is 5.60 Å². The van der Waals surface area contributed by atoms with Gasteiger partial charge in [0.1, 0.15) is 5.60 Å². The van der Waals surface area contributed by atoms with Crippen molar-refractivity contribution in [1.29, 1.82) is 0 Å². The zero-order valence-corrected chi connectivity index (χ0v) is 15.1. The van der Waals surface area contributed by atoms with E-state index in [4.69, 9.17) is 4.74 Å². The Hall–Kier alpha value is -3.07. The molecule has 1 saturated heterocycles. The van der Waals surface area contributed by atoms with Crippen LogP contribution >= 0.6 is 0 Å². The van der Waals surface area contributed by atoms with Crippen molar-refractivity contribution in [2.45, 2.75) is 17.9 Å². The van der Waals surface area contributed by atoms with Gasteiger partial charge < -0.3 is 9.64 Å². The van der Waals surface area contributed by atoms with Crippen LogP contribution in [0.3, 0.4) is 0 Å². The zero-order chi connectivity index (χ0) is 18.5. The molecule has 3 heteroatoms. The highest BCUT2D eigenvalue weighted by atomic mass is 16.5. The fourth-order valence-corrected chi connectivity index (χ4v) is 4.19. The maximum Gasteiger partial charge on any atom is 0.418 e. The first-order valence-electron chi connectivity index (χ1n) is 9.29.